The second-order valence-corrected chi connectivity index (χ2v) is 6.12. The van der Waals surface area contributed by atoms with Crippen molar-refractivity contribution in [2.45, 2.75) is 6.18 Å². The van der Waals surface area contributed by atoms with E-state index in [0.29, 0.717) is 12.1 Å². The van der Waals surface area contributed by atoms with E-state index in [1.54, 1.807) is 6.07 Å². The molecule has 0 aromatic heterocycles. The lowest BCUT2D eigenvalue weighted by Crippen LogP contribution is -2.30. The molecule has 10 heteroatoms. The molecule has 0 aliphatic carbocycles. The van der Waals surface area contributed by atoms with E-state index in [2.05, 4.69) is 10.9 Å². The first-order chi connectivity index (χ1) is 11.1. The number of alkyl halides is 3. The van der Waals surface area contributed by atoms with Gasteiger partial charge in [-0.05, 0) is 24.3 Å². The monoisotopic (exact) mass is 416 g/mol. The molecule has 0 spiro atoms. The summed E-state index contributed by atoms with van der Waals surface area (Å²) in [5, 5.41) is -0.432. The predicted molar refractivity (Wildman–Crippen MR) is 89.0 cm³/mol. The van der Waals surface area contributed by atoms with E-state index in [-0.39, 0.29) is 31.3 Å². The van der Waals surface area contributed by atoms with Crippen molar-refractivity contribution in [1.29, 1.82) is 0 Å². The number of benzene rings is 2. The molecule has 0 atom stereocenters. The van der Waals surface area contributed by atoms with E-state index in [1.165, 1.54) is 12.1 Å². The van der Waals surface area contributed by atoms with Crippen LogP contribution in [-0.4, -0.2) is 5.91 Å². The Morgan fingerprint density at radius 2 is 1.42 bits per heavy atom. The summed E-state index contributed by atoms with van der Waals surface area (Å²) in [7, 11) is 0. The van der Waals surface area contributed by atoms with Crippen molar-refractivity contribution in [3.8, 4) is 0 Å². The van der Waals surface area contributed by atoms with Crippen molar-refractivity contribution in [2.24, 2.45) is 0 Å². The molecule has 1 amide bonds. The normalized spacial score (nSPS) is 11.3. The first-order valence-electron chi connectivity index (χ1n) is 6.18. The minimum absolute atomic E-state index is 0.00695. The highest BCUT2D eigenvalue weighted by atomic mass is 35.5. The highest BCUT2D eigenvalue weighted by molar-refractivity contribution is 6.40. The van der Waals surface area contributed by atoms with Crippen molar-refractivity contribution in [2.75, 3.05) is 5.43 Å². The molecule has 3 nitrogen and oxygen atoms in total. The van der Waals surface area contributed by atoms with E-state index in [0.717, 1.165) is 0 Å². The van der Waals surface area contributed by atoms with Crippen LogP contribution in [0.25, 0.3) is 0 Å². The molecule has 0 aliphatic rings. The Hall–Kier alpha value is -1.34. The fourth-order valence-electron chi connectivity index (χ4n) is 1.75. The molecule has 128 valence electrons. The minimum Gasteiger partial charge on any atom is -0.295 e. The molecule has 24 heavy (non-hydrogen) atoms. The quantitative estimate of drug-likeness (QED) is 0.594. The lowest BCUT2D eigenvalue weighted by atomic mass is 10.2. The molecule has 2 aromatic carbocycles. The molecule has 0 unspecified atom stereocenters. The van der Waals surface area contributed by atoms with Crippen molar-refractivity contribution < 1.29 is 18.0 Å². The van der Waals surface area contributed by atoms with Gasteiger partial charge in [0.2, 0.25) is 0 Å². The molecule has 0 fully saturated rings. The van der Waals surface area contributed by atoms with Gasteiger partial charge in [0.25, 0.3) is 5.91 Å². The van der Waals surface area contributed by atoms with Crippen LogP contribution in [0.2, 0.25) is 20.1 Å². The molecule has 0 heterocycles. The van der Waals surface area contributed by atoms with E-state index >= 15 is 0 Å². The number of halogens is 7. The van der Waals surface area contributed by atoms with Crippen LogP contribution in [-0.2, 0) is 6.18 Å². The predicted octanol–water partition coefficient (Wildman–Crippen LogP) is 6.08. The first kappa shape index (κ1) is 19.0. The summed E-state index contributed by atoms with van der Waals surface area (Å²) in [4.78, 5) is 12.1. The zero-order valence-electron chi connectivity index (χ0n) is 11.4. The second-order valence-electron chi connectivity index (χ2n) is 4.49. The van der Waals surface area contributed by atoms with Gasteiger partial charge in [-0.15, -0.1) is 0 Å². The van der Waals surface area contributed by atoms with Crippen molar-refractivity contribution in [3.05, 3.63) is 61.5 Å². The van der Waals surface area contributed by atoms with Gasteiger partial charge in [0.1, 0.15) is 0 Å². The Balaban J connectivity index is 2.22. The SMILES string of the molecule is O=C(NNc1c(Cl)cc(C(F)(F)F)cc1Cl)c1c(Cl)cccc1Cl. The number of rotatable bonds is 3. The van der Waals surface area contributed by atoms with Crippen LogP contribution in [0.3, 0.4) is 0 Å². The maximum absolute atomic E-state index is 12.7. The molecular formula is C14H7Cl4F3N2O. The third-order valence-corrected chi connectivity index (χ3v) is 4.09. The Kier molecular flexibility index (Phi) is 5.75. The van der Waals surface area contributed by atoms with Crippen LogP contribution in [0.15, 0.2) is 30.3 Å². The minimum atomic E-state index is -4.60. The number of hydrogen-bond acceptors (Lipinski definition) is 2. The molecule has 0 radical (unpaired) electrons. The highest BCUT2D eigenvalue weighted by Gasteiger charge is 2.32. The van der Waals surface area contributed by atoms with Crippen LogP contribution in [0.4, 0.5) is 18.9 Å². The van der Waals surface area contributed by atoms with E-state index in [9.17, 15) is 18.0 Å². The molecule has 0 saturated heterocycles. The Labute approximate surface area is 154 Å². The van der Waals surface area contributed by atoms with Gasteiger partial charge in [-0.2, -0.15) is 13.2 Å². The van der Waals surface area contributed by atoms with Gasteiger partial charge < -0.3 is 0 Å². The van der Waals surface area contributed by atoms with Crippen molar-refractivity contribution in [3.63, 3.8) is 0 Å². The summed E-state index contributed by atoms with van der Waals surface area (Å²) >= 11 is 23.3. The van der Waals surface area contributed by atoms with Crippen LogP contribution in [0, 0.1) is 0 Å². The molecule has 0 aliphatic heterocycles. The third kappa shape index (κ3) is 4.19. The number of nitrogens with one attached hydrogen (secondary N) is 2. The third-order valence-electron chi connectivity index (χ3n) is 2.86. The van der Waals surface area contributed by atoms with Gasteiger partial charge in [-0.3, -0.25) is 15.6 Å². The topological polar surface area (TPSA) is 41.1 Å². The summed E-state index contributed by atoms with van der Waals surface area (Å²) in [6.07, 6.45) is -4.60. The Morgan fingerprint density at radius 3 is 1.88 bits per heavy atom. The van der Waals surface area contributed by atoms with Gasteiger partial charge in [-0.1, -0.05) is 52.5 Å². The van der Waals surface area contributed by atoms with Gasteiger partial charge in [-0.25, -0.2) is 0 Å². The van der Waals surface area contributed by atoms with Crippen molar-refractivity contribution >= 4 is 58.0 Å². The largest absolute Gasteiger partial charge is 0.416 e. The second kappa shape index (κ2) is 7.27. The van der Waals surface area contributed by atoms with Gasteiger partial charge in [0.05, 0.1) is 36.9 Å². The van der Waals surface area contributed by atoms with Crippen molar-refractivity contribution in [1.82, 2.24) is 5.43 Å². The zero-order chi connectivity index (χ0) is 18.1. The maximum Gasteiger partial charge on any atom is 0.416 e. The molecule has 2 aromatic rings. The summed E-state index contributed by atoms with van der Waals surface area (Å²) < 4.78 is 38.0. The molecule has 0 saturated carbocycles. The van der Waals surface area contributed by atoms with Gasteiger partial charge >= 0.3 is 6.18 Å². The number of carbonyl (C=O) groups is 1. The molecular weight excluding hydrogens is 411 g/mol. The number of carbonyl (C=O) groups excluding carboxylic acids is 1. The van der Waals surface area contributed by atoms with Crippen LogP contribution >= 0.6 is 46.4 Å². The molecule has 2 N–H and O–H groups in total. The average Bonchev–Trinajstić information content (AvgIpc) is 2.45. The standard InChI is InChI=1S/C14H7Cl4F3N2O/c15-7-2-1-3-8(16)11(7)13(24)23-22-12-9(17)4-6(5-10(12)18)14(19,20)21/h1-5,22H,(H,23,24). The summed E-state index contributed by atoms with van der Waals surface area (Å²) in [5.74, 6) is -0.711. The number of amides is 1. The lowest BCUT2D eigenvalue weighted by Gasteiger charge is -2.15. The molecule has 0 bridgehead atoms. The Bertz CT molecular complexity index is 753. The van der Waals surface area contributed by atoms with Gasteiger partial charge in [0.15, 0.2) is 0 Å². The lowest BCUT2D eigenvalue weighted by molar-refractivity contribution is -0.137. The highest BCUT2D eigenvalue weighted by Crippen LogP contribution is 2.38. The van der Waals surface area contributed by atoms with Crippen LogP contribution < -0.4 is 10.9 Å². The fraction of sp³-hybridized carbons (Fsp3) is 0.0714. The van der Waals surface area contributed by atoms with Crippen LogP contribution in [0.5, 0.6) is 0 Å². The summed E-state index contributed by atoms with van der Waals surface area (Å²) in [5.41, 5.74) is 3.48. The number of anilines is 1. The zero-order valence-corrected chi connectivity index (χ0v) is 14.5. The summed E-state index contributed by atoms with van der Waals surface area (Å²) in [6, 6.07) is 5.84. The number of hydrogen-bond donors (Lipinski definition) is 2. The van der Waals surface area contributed by atoms with Gasteiger partial charge in [0, 0.05) is 0 Å². The van der Waals surface area contributed by atoms with E-state index in [1.807, 2.05) is 0 Å². The Morgan fingerprint density at radius 1 is 0.917 bits per heavy atom. The average molecular weight is 418 g/mol. The molecule has 2 rings (SSSR count). The first-order valence-corrected chi connectivity index (χ1v) is 7.69. The number of hydrazine groups is 1. The smallest absolute Gasteiger partial charge is 0.295 e. The van der Waals surface area contributed by atoms with Crippen LogP contribution in [0.1, 0.15) is 15.9 Å². The van der Waals surface area contributed by atoms with E-state index in [4.69, 9.17) is 46.4 Å². The maximum atomic E-state index is 12.7. The summed E-state index contributed by atoms with van der Waals surface area (Å²) in [6.45, 7) is 0. The van der Waals surface area contributed by atoms with E-state index < -0.39 is 17.6 Å². The fourth-order valence-corrected chi connectivity index (χ4v) is 2.90.